The van der Waals surface area contributed by atoms with Gasteiger partial charge in [-0.2, -0.15) is 0 Å². The van der Waals surface area contributed by atoms with Crippen molar-refractivity contribution in [1.29, 1.82) is 0 Å². The second kappa shape index (κ2) is 3.91. The van der Waals surface area contributed by atoms with E-state index in [1.807, 2.05) is 25.3 Å². The second-order valence-electron chi connectivity index (χ2n) is 4.10. The maximum atomic E-state index is 11.6. The Hall–Kier alpha value is -1.18. The van der Waals surface area contributed by atoms with Crippen LogP contribution in [0.1, 0.15) is 30.5 Å². The number of hydrogen-bond donors (Lipinski definition) is 0. The van der Waals surface area contributed by atoms with Gasteiger partial charge in [0.25, 0.3) is 0 Å². The normalized spacial score (nSPS) is 16.4. The molecule has 0 N–H and O–H groups in total. The van der Waals surface area contributed by atoms with Crippen LogP contribution in [-0.2, 0) is 11.2 Å². The molecular weight excluding hydrogens is 174 g/mol. The fourth-order valence-corrected chi connectivity index (χ4v) is 1.66. The number of Topliss-reactive ketones (excluding diaryl/α,β-unsaturated/α-hetero) is 1. The summed E-state index contributed by atoms with van der Waals surface area (Å²) in [5.41, 5.74) is 2.05. The van der Waals surface area contributed by atoms with Gasteiger partial charge in [0.05, 0.1) is 0 Å². The van der Waals surface area contributed by atoms with Gasteiger partial charge in [-0.05, 0) is 31.4 Å². The summed E-state index contributed by atoms with van der Waals surface area (Å²) in [6.07, 6.45) is 5.74. The zero-order valence-corrected chi connectivity index (χ0v) is 8.49. The SMILES string of the molecule is Cc1ccc(CC(=O)C2CCC2)nc1. The van der Waals surface area contributed by atoms with E-state index in [9.17, 15) is 4.79 Å². The molecule has 2 heteroatoms. The van der Waals surface area contributed by atoms with Gasteiger partial charge in [0.1, 0.15) is 5.78 Å². The molecular formula is C12H15NO. The van der Waals surface area contributed by atoms with Crippen LogP contribution in [0.3, 0.4) is 0 Å². The van der Waals surface area contributed by atoms with E-state index in [1.54, 1.807) is 0 Å². The van der Waals surface area contributed by atoms with E-state index >= 15 is 0 Å². The molecule has 1 heterocycles. The van der Waals surface area contributed by atoms with Crippen molar-refractivity contribution in [3.8, 4) is 0 Å². The van der Waals surface area contributed by atoms with E-state index in [2.05, 4.69) is 4.98 Å². The number of hydrogen-bond acceptors (Lipinski definition) is 2. The van der Waals surface area contributed by atoms with Crippen LogP contribution in [0.4, 0.5) is 0 Å². The van der Waals surface area contributed by atoms with Crippen molar-refractivity contribution in [1.82, 2.24) is 4.98 Å². The molecule has 0 unspecified atom stereocenters. The molecule has 0 radical (unpaired) electrons. The Bertz CT molecular complexity index is 325. The summed E-state index contributed by atoms with van der Waals surface area (Å²) in [6, 6.07) is 3.96. The van der Waals surface area contributed by atoms with Crippen LogP contribution in [0.2, 0.25) is 0 Å². The summed E-state index contributed by atoms with van der Waals surface area (Å²) in [5.74, 6) is 0.700. The minimum absolute atomic E-state index is 0.332. The molecule has 1 fully saturated rings. The van der Waals surface area contributed by atoms with Crippen molar-refractivity contribution in [2.75, 3.05) is 0 Å². The molecule has 1 saturated carbocycles. The zero-order valence-electron chi connectivity index (χ0n) is 8.49. The monoisotopic (exact) mass is 189 g/mol. The summed E-state index contributed by atoms with van der Waals surface area (Å²) < 4.78 is 0. The standard InChI is InChI=1S/C12H15NO/c1-9-5-6-11(13-8-9)7-12(14)10-3-2-4-10/h5-6,8,10H,2-4,7H2,1H3. The van der Waals surface area contributed by atoms with Crippen molar-refractivity contribution >= 4 is 5.78 Å². The lowest BCUT2D eigenvalue weighted by molar-refractivity contribution is -0.124. The Morgan fingerprint density at radius 2 is 2.29 bits per heavy atom. The van der Waals surface area contributed by atoms with E-state index in [0.717, 1.165) is 24.1 Å². The molecule has 0 aromatic carbocycles. The summed E-state index contributed by atoms with van der Waals surface area (Å²) in [4.78, 5) is 15.9. The van der Waals surface area contributed by atoms with E-state index in [4.69, 9.17) is 0 Å². The third-order valence-electron chi connectivity index (χ3n) is 2.89. The van der Waals surface area contributed by atoms with Crippen molar-refractivity contribution < 1.29 is 4.79 Å². The van der Waals surface area contributed by atoms with Crippen molar-refractivity contribution in [3.05, 3.63) is 29.6 Å². The van der Waals surface area contributed by atoms with Crippen LogP contribution in [0.15, 0.2) is 18.3 Å². The maximum absolute atomic E-state index is 11.6. The number of pyridine rings is 1. The molecule has 1 aliphatic carbocycles. The van der Waals surface area contributed by atoms with Crippen LogP contribution in [0.25, 0.3) is 0 Å². The molecule has 1 aromatic heterocycles. The Morgan fingerprint density at radius 1 is 1.50 bits per heavy atom. The molecule has 0 amide bonds. The van der Waals surface area contributed by atoms with Crippen LogP contribution < -0.4 is 0 Å². The summed E-state index contributed by atoms with van der Waals surface area (Å²) in [7, 11) is 0. The van der Waals surface area contributed by atoms with Crippen LogP contribution >= 0.6 is 0 Å². The molecule has 0 spiro atoms. The van der Waals surface area contributed by atoms with Gasteiger partial charge in [-0.3, -0.25) is 9.78 Å². The van der Waals surface area contributed by atoms with E-state index < -0.39 is 0 Å². The number of aromatic nitrogens is 1. The fraction of sp³-hybridized carbons (Fsp3) is 0.500. The molecule has 1 aromatic rings. The average molecular weight is 189 g/mol. The molecule has 1 aliphatic rings. The molecule has 0 aliphatic heterocycles. The first-order valence-electron chi connectivity index (χ1n) is 5.20. The summed E-state index contributed by atoms with van der Waals surface area (Å²) >= 11 is 0. The van der Waals surface area contributed by atoms with Gasteiger partial charge in [-0.25, -0.2) is 0 Å². The highest BCUT2D eigenvalue weighted by Gasteiger charge is 2.24. The zero-order chi connectivity index (χ0) is 9.97. The molecule has 0 saturated heterocycles. The van der Waals surface area contributed by atoms with Crippen LogP contribution in [0.5, 0.6) is 0 Å². The number of carbonyl (C=O) groups excluding carboxylic acids is 1. The van der Waals surface area contributed by atoms with Crippen molar-refractivity contribution in [2.45, 2.75) is 32.6 Å². The van der Waals surface area contributed by atoms with Gasteiger partial charge in [-0.1, -0.05) is 12.5 Å². The fourth-order valence-electron chi connectivity index (χ4n) is 1.66. The van der Waals surface area contributed by atoms with Gasteiger partial charge in [0, 0.05) is 24.2 Å². The topological polar surface area (TPSA) is 30.0 Å². The van der Waals surface area contributed by atoms with Gasteiger partial charge in [0.15, 0.2) is 0 Å². The quantitative estimate of drug-likeness (QED) is 0.730. The lowest BCUT2D eigenvalue weighted by Crippen LogP contribution is -2.23. The average Bonchev–Trinajstić information content (AvgIpc) is 2.06. The third kappa shape index (κ3) is 2.00. The molecule has 74 valence electrons. The predicted octanol–water partition coefficient (Wildman–Crippen LogP) is 2.30. The number of carbonyl (C=O) groups is 1. The number of rotatable bonds is 3. The maximum Gasteiger partial charge on any atom is 0.141 e. The molecule has 14 heavy (non-hydrogen) atoms. The highest BCUT2D eigenvalue weighted by atomic mass is 16.1. The second-order valence-corrected chi connectivity index (χ2v) is 4.10. The third-order valence-corrected chi connectivity index (χ3v) is 2.89. The van der Waals surface area contributed by atoms with Gasteiger partial charge >= 0.3 is 0 Å². The number of nitrogens with zero attached hydrogens (tertiary/aromatic N) is 1. The first-order chi connectivity index (χ1) is 6.75. The minimum Gasteiger partial charge on any atom is -0.299 e. The van der Waals surface area contributed by atoms with E-state index in [-0.39, 0.29) is 0 Å². The Balaban J connectivity index is 1.96. The highest BCUT2D eigenvalue weighted by Crippen LogP contribution is 2.27. The molecule has 0 atom stereocenters. The Morgan fingerprint density at radius 3 is 2.79 bits per heavy atom. The molecule has 2 nitrogen and oxygen atoms in total. The van der Waals surface area contributed by atoms with Crippen molar-refractivity contribution in [2.24, 2.45) is 5.92 Å². The molecule has 2 rings (SSSR count). The number of aryl methyl sites for hydroxylation is 1. The number of ketones is 1. The Kier molecular flexibility index (Phi) is 2.62. The lowest BCUT2D eigenvalue weighted by atomic mass is 9.81. The first kappa shape index (κ1) is 9.38. The van der Waals surface area contributed by atoms with Crippen molar-refractivity contribution in [3.63, 3.8) is 0 Å². The Labute approximate surface area is 84.4 Å². The van der Waals surface area contributed by atoms with E-state index in [1.165, 1.54) is 6.42 Å². The minimum atomic E-state index is 0.332. The largest absolute Gasteiger partial charge is 0.299 e. The lowest BCUT2D eigenvalue weighted by Gasteiger charge is -2.23. The van der Waals surface area contributed by atoms with Crippen LogP contribution in [-0.4, -0.2) is 10.8 Å². The summed E-state index contributed by atoms with van der Waals surface area (Å²) in [5, 5.41) is 0. The molecule has 0 bridgehead atoms. The van der Waals surface area contributed by atoms with E-state index in [0.29, 0.717) is 18.1 Å². The van der Waals surface area contributed by atoms with Crippen LogP contribution in [0, 0.1) is 12.8 Å². The summed E-state index contributed by atoms with van der Waals surface area (Å²) in [6.45, 7) is 2.00. The van der Waals surface area contributed by atoms with Gasteiger partial charge in [-0.15, -0.1) is 0 Å². The smallest absolute Gasteiger partial charge is 0.141 e. The van der Waals surface area contributed by atoms with Gasteiger partial charge < -0.3 is 0 Å². The van der Waals surface area contributed by atoms with Gasteiger partial charge in [0.2, 0.25) is 0 Å². The highest BCUT2D eigenvalue weighted by molar-refractivity contribution is 5.83. The predicted molar refractivity (Wildman–Crippen MR) is 55.0 cm³/mol. The first-order valence-corrected chi connectivity index (χ1v) is 5.20.